The number of ether oxygens (including phenoxy) is 1. The van der Waals surface area contributed by atoms with Crippen molar-refractivity contribution in [2.75, 3.05) is 40.8 Å². The van der Waals surface area contributed by atoms with Gasteiger partial charge >= 0.3 is 12.0 Å². The summed E-state index contributed by atoms with van der Waals surface area (Å²) in [4.78, 5) is 41.6. The Kier molecular flexibility index (Phi) is 9.87. The summed E-state index contributed by atoms with van der Waals surface area (Å²) in [6, 6.07) is 7.02. The Labute approximate surface area is 200 Å². The molecule has 6 N–H and O–H groups in total. The number of hydrogen-bond acceptors (Lipinski definition) is 8. The second kappa shape index (κ2) is 12.6. The van der Waals surface area contributed by atoms with Crippen molar-refractivity contribution in [1.29, 1.82) is 5.41 Å². The minimum atomic E-state index is -0.460. The lowest BCUT2D eigenvalue weighted by Crippen LogP contribution is -2.36. The normalized spacial score (nSPS) is 13.3. The first-order chi connectivity index (χ1) is 16.1. The van der Waals surface area contributed by atoms with Gasteiger partial charge in [0.15, 0.2) is 5.84 Å². The van der Waals surface area contributed by atoms with E-state index in [-0.39, 0.29) is 42.2 Å². The summed E-state index contributed by atoms with van der Waals surface area (Å²) in [6.07, 6.45) is 1.82. The van der Waals surface area contributed by atoms with E-state index >= 15 is 0 Å². The fourth-order valence-electron chi connectivity index (χ4n) is 3.53. The van der Waals surface area contributed by atoms with Gasteiger partial charge in [-0.25, -0.2) is 4.79 Å². The Morgan fingerprint density at radius 3 is 2.29 bits per heavy atom. The predicted molar refractivity (Wildman–Crippen MR) is 128 cm³/mol. The third kappa shape index (κ3) is 7.77. The van der Waals surface area contributed by atoms with E-state index in [0.717, 1.165) is 24.1 Å². The van der Waals surface area contributed by atoms with Crippen LogP contribution < -0.4 is 16.8 Å². The molecule has 0 radical (unpaired) electrons. The molecule has 11 nitrogen and oxygen atoms in total. The maximum Gasteiger partial charge on any atom is 0.327 e. The Morgan fingerprint density at radius 2 is 1.74 bits per heavy atom. The molecule has 186 valence electrons. The molecular weight excluding hydrogens is 438 g/mol. The van der Waals surface area contributed by atoms with Gasteiger partial charge in [-0.15, -0.1) is 0 Å². The quantitative estimate of drug-likeness (QED) is 0.323. The zero-order chi connectivity index (χ0) is 25.3. The van der Waals surface area contributed by atoms with Gasteiger partial charge in [-0.2, -0.15) is 0 Å². The molecule has 1 aromatic carbocycles. The van der Waals surface area contributed by atoms with Gasteiger partial charge in [-0.1, -0.05) is 24.3 Å². The lowest BCUT2D eigenvalue weighted by atomic mass is 10.1. The predicted octanol–water partition coefficient (Wildman–Crippen LogP) is 0.552. The summed E-state index contributed by atoms with van der Waals surface area (Å²) < 4.78 is 4.70. The first kappa shape index (κ1) is 26.7. The topological polar surface area (TPSA) is 158 Å². The molecule has 1 fully saturated rings. The van der Waals surface area contributed by atoms with E-state index in [9.17, 15) is 14.4 Å². The number of amidine groups is 1. The van der Waals surface area contributed by atoms with Gasteiger partial charge in [0, 0.05) is 26.1 Å². The van der Waals surface area contributed by atoms with E-state index in [4.69, 9.17) is 21.6 Å². The Bertz CT molecular complexity index is 924. The van der Waals surface area contributed by atoms with Crippen LogP contribution in [0.4, 0.5) is 4.79 Å². The zero-order valence-electron chi connectivity index (χ0n) is 20.1. The summed E-state index contributed by atoms with van der Waals surface area (Å²) in [6.45, 7) is 1.88. The highest BCUT2D eigenvalue weighted by atomic mass is 16.5. The molecule has 0 atom stereocenters. The fourth-order valence-corrected chi connectivity index (χ4v) is 3.53. The molecule has 1 saturated heterocycles. The average molecular weight is 474 g/mol. The molecule has 0 bridgehead atoms. The van der Waals surface area contributed by atoms with Crippen molar-refractivity contribution in [2.45, 2.75) is 32.2 Å². The number of nitrogens with one attached hydrogen (secondary N) is 2. The van der Waals surface area contributed by atoms with Gasteiger partial charge in [0.05, 0.1) is 13.5 Å². The van der Waals surface area contributed by atoms with Gasteiger partial charge in [-0.05, 0) is 44.6 Å². The van der Waals surface area contributed by atoms with Crippen molar-refractivity contribution < 1.29 is 19.1 Å². The van der Waals surface area contributed by atoms with Crippen LogP contribution in [0, 0.1) is 5.41 Å². The second-order valence-electron chi connectivity index (χ2n) is 8.41. The second-order valence-corrected chi connectivity index (χ2v) is 8.41. The van der Waals surface area contributed by atoms with Gasteiger partial charge < -0.3 is 31.3 Å². The number of methoxy groups -OCH3 is 1. The van der Waals surface area contributed by atoms with E-state index in [1.165, 1.54) is 12.0 Å². The van der Waals surface area contributed by atoms with E-state index in [1.807, 2.05) is 43.3 Å². The maximum atomic E-state index is 12.9. The summed E-state index contributed by atoms with van der Waals surface area (Å²) in [5.74, 6) is -0.478. The van der Waals surface area contributed by atoms with E-state index in [1.54, 1.807) is 4.90 Å². The van der Waals surface area contributed by atoms with Crippen molar-refractivity contribution in [1.82, 2.24) is 20.0 Å². The molecule has 0 unspecified atom stereocenters. The summed E-state index contributed by atoms with van der Waals surface area (Å²) in [7, 11) is 5.28. The summed E-state index contributed by atoms with van der Waals surface area (Å²) in [5.41, 5.74) is 12.9. The van der Waals surface area contributed by atoms with E-state index < -0.39 is 6.03 Å². The number of carbonyl (C=O) groups excluding carboxylic acids is 3. The van der Waals surface area contributed by atoms with Gasteiger partial charge in [0.2, 0.25) is 5.91 Å². The number of rotatable bonds is 12. The van der Waals surface area contributed by atoms with Crippen LogP contribution in [0.25, 0.3) is 0 Å². The molecule has 1 aliphatic heterocycles. The largest absolute Gasteiger partial charge is 0.469 e. The molecule has 2 rings (SSSR count). The number of hydrogen-bond donors (Lipinski definition) is 4. The molecule has 1 aliphatic rings. The van der Waals surface area contributed by atoms with Gasteiger partial charge in [-0.3, -0.25) is 19.9 Å². The van der Waals surface area contributed by atoms with Gasteiger partial charge in [0.25, 0.3) is 0 Å². The lowest BCUT2D eigenvalue weighted by molar-refractivity contribution is -0.139. The molecule has 1 aromatic rings. The first-order valence-corrected chi connectivity index (χ1v) is 11.1. The number of nitrogens with two attached hydrogens (primary N) is 2. The maximum absolute atomic E-state index is 12.9. The van der Waals surface area contributed by atoms with Crippen LogP contribution in [0.2, 0.25) is 0 Å². The van der Waals surface area contributed by atoms with Gasteiger partial charge in [0.1, 0.15) is 11.5 Å². The summed E-state index contributed by atoms with van der Waals surface area (Å²) >= 11 is 0. The van der Waals surface area contributed by atoms with Crippen molar-refractivity contribution in [3.63, 3.8) is 0 Å². The SMILES string of the molecule is COC(=O)Cc1ccc(CN(CCCN2C(=N)C(=C(N)N)NC2=O)C(=O)CCCN(C)C)cc1. The number of esters is 1. The van der Waals surface area contributed by atoms with E-state index in [2.05, 4.69) is 5.32 Å². The number of carbonyl (C=O) groups is 3. The smallest absolute Gasteiger partial charge is 0.327 e. The molecule has 0 aromatic heterocycles. The molecule has 11 heteroatoms. The first-order valence-electron chi connectivity index (χ1n) is 11.1. The van der Waals surface area contributed by atoms with Crippen molar-refractivity contribution in [3.05, 3.63) is 46.9 Å². The molecule has 0 aliphatic carbocycles. The van der Waals surface area contributed by atoms with Crippen LogP contribution in [-0.4, -0.2) is 79.3 Å². The zero-order valence-corrected chi connectivity index (χ0v) is 20.1. The number of benzene rings is 1. The minimum absolute atomic E-state index is 0.0215. The Balaban J connectivity index is 2.02. The van der Waals surface area contributed by atoms with Crippen LogP contribution in [0.15, 0.2) is 35.8 Å². The monoisotopic (exact) mass is 473 g/mol. The highest BCUT2D eigenvalue weighted by molar-refractivity contribution is 6.13. The number of urea groups is 1. The number of nitrogens with zero attached hydrogens (tertiary/aromatic N) is 3. The van der Waals surface area contributed by atoms with E-state index in [0.29, 0.717) is 25.9 Å². The fraction of sp³-hybridized carbons (Fsp3) is 0.478. The molecule has 0 saturated carbocycles. The standard InChI is InChI=1S/C23H35N7O4/c1-28(2)11-4-6-18(31)29(15-17-9-7-16(8-10-17)14-19(32)34-3)12-5-13-30-22(26)20(21(24)25)27-23(30)33/h7-10,26H,4-6,11-15,24-25H2,1-3H3,(H,27,33). The third-order valence-corrected chi connectivity index (χ3v) is 5.40. The van der Waals surface area contributed by atoms with Crippen molar-refractivity contribution in [2.24, 2.45) is 11.5 Å². The average Bonchev–Trinajstić information content (AvgIpc) is 3.07. The molecule has 0 spiro atoms. The van der Waals surface area contributed by atoms with Crippen molar-refractivity contribution in [3.8, 4) is 0 Å². The van der Waals surface area contributed by atoms with Crippen LogP contribution in [-0.2, 0) is 27.3 Å². The highest BCUT2D eigenvalue weighted by Crippen LogP contribution is 2.14. The van der Waals surface area contributed by atoms with Crippen LogP contribution >= 0.6 is 0 Å². The van der Waals surface area contributed by atoms with Crippen LogP contribution in [0.3, 0.4) is 0 Å². The highest BCUT2D eigenvalue weighted by Gasteiger charge is 2.31. The minimum Gasteiger partial charge on any atom is -0.469 e. The van der Waals surface area contributed by atoms with Crippen LogP contribution in [0.1, 0.15) is 30.4 Å². The summed E-state index contributed by atoms with van der Waals surface area (Å²) in [5, 5.41) is 10.6. The molecule has 3 amide bonds. The third-order valence-electron chi connectivity index (χ3n) is 5.40. The Morgan fingerprint density at radius 1 is 1.09 bits per heavy atom. The number of amides is 3. The molecule has 1 heterocycles. The molecular formula is C23H35N7O4. The lowest BCUT2D eigenvalue weighted by Gasteiger charge is -2.24. The molecule has 34 heavy (non-hydrogen) atoms. The van der Waals surface area contributed by atoms with Crippen LogP contribution in [0.5, 0.6) is 0 Å². The van der Waals surface area contributed by atoms with Crippen molar-refractivity contribution >= 4 is 23.7 Å². The Hall–Kier alpha value is -3.60.